The Morgan fingerprint density at radius 2 is 2.06 bits per heavy atom. The largest absolute Gasteiger partial charge is 0.359 e. The van der Waals surface area contributed by atoms with E-state index in [0.717, 1.165) is 23.2 Å². The van der Waals surface area contributed by atoms with Gasteiger partial charge < -0.3 is 11.1 Å². The van der Waals surface area contributed by atoms with Crippen LogP contribution in [-0.4, -0.2) is 23.3 Å². The van der Waals surface area contributed by atoms with Gasteiger partial charge in [-0.1, -0.05) is 30.6 Å². The molecule has 0 spiro atoms. The van der Waals surface area contributed by atoms with E-state index in [9.17, 15) is 0 Å². The summed E-state index contributed by atoms with van der Waals surface area (Å²) in [5.74, 6) is 0. The molecule has 0 radical (unpaired) electrons. The minimum absolute atomic E-state index is 0.290. The minimum Gasteiger partial charge on any atom is -0.359 e. The van der Waals surface area contributed by atoms with Crippen molar-refractivity contribution in [1.82, 2.24) is 10.2 Å². The van der Waals surface area contributed by atoms with Crippen LogP contribution in [0.25, 0.3) is 0 Å². The summed E-state index contributed by atoms with van der Waals surface area (Å²) in [6.07, 6.45) is 6.48. The summed E-state index contributed by atoms with van der Waals surface area (Å²) in [5, 5.41) is 13.4. The highest BCUT2D eigenvalue weighted by Gasteiger charge is 2.30. The highest BCUT2D eigenvalue weighted by atomic mass is 32.1. The third-order valence-corrected chi connectivity index (χ3v) is 4.28. The van der Waals surface area contributed by atoms with E-state index in [-0.39, 0.29) is 5.41 Å². The molecule has 1 aliphatic carbocycles. The van der Waals surface area contributed by atoms with Crippen molar-refractivity contribution in [2.75, 3.05) is 18.4 Å². The number of rotatable bonds is 4. The first-order valence-electron chi connectivity index (χ1n) is 5.98. The minimum atomic E-state index is 0.290. The summed E-state index contributed by atoms with van der Waals surface area (Å²) in [5.41, 5.74) is 6.22. The molecule has 16 heavy (non-hydrogen) atoms. The average Bonchev–Trinajstić information content (AvgIpc) is 2.74. The van der Waals surface area contributed by atoms with E-state index >= 15 is 0 Å². The maximum atomic E-state index is 5.93. The first-order valence-corrected chi connectivity index (χ1v) is 6.80. The van der Waals surface area contributed by atoms with Crippen molar-refractivity contribution in [2.45, 2.75) is 39.0 Å². The third-order valence-electron chi connectivity index (χ3n) is 3.49. The van der Waals surface area contributed by atoms with Gasteiger partial charge in [-0.2, -0.15) is 0 Å². The molecule has 0 aromatic carbocycles. The molecule has 0 aliphatic heterocycles. The fourth-order valence-corrected chi connectivity index (χ4v) is 2.97. The molecule has 1 aliphatic rings. The molecule has 4 nitrogen and oxygen atoms in total. The van der Waals surface area contributed by atoms with E-state index in [1.807, 2.05) is 6.92 Å². The predicted molar refractivity (Wildman–Crippen MR) is 67.7 cm³/mol. The molecule has 0 saturated heterocycles. The van der Waals surface area contributed by atoms with Crippen LogP contribution in [0.2, 0.25) is 0 Å². The lowest BCUT2D eigenvalue weighted by Crippen LogP contribution is -2.39. The molecule has 90 valence electrons. The number of nitrogens with zero attached hydrogens (tertiary/aromatic N) is 2. The second-order valence-electron chi connectivity index (χ2n) is 4.74. The zero-order valence-electron chi connectivity index (χ0n) is 9.83. The van der Waals surface area contributed by atoms with Crippen LogP contribution < -0.4 is 11.1 Å². The molecule has 0 unspecified atom stereocenters. The zero-order chi connectivity index (χ0) is 11.4. The fraction of sp³-hybridized carbons (Fsp3) is 0.818. The van der Waals surface area contributed by atoms with Crippen molar-refractivity contribution >= 4 is 16.5 Å². The maximum Gasteiger partial charge on any atom is 0.205 e. The van der Waals surface area contributed by atoms with Gasteiger partial charge in [-0.3, -0.25) is 0 Å². The van der Waals surface area contributed by atoms with Crippen LogP contribution in [0.3, 0.4) is 0 Å². The van der Waals surface area contributed by atoms with Gasteiger partial charge in [0.15, 0.2) is 0 Å². The Kier molecular flexibility index (Phi) is 3.76. The summed E-state index contributed by atoms with van der Waals surface area (Å²) < 4.78 is 0. The van der Waals surface area contributed by atoms with Gasteiger partial charge in [-0.15, -0.1) is 10.2 Å². The normalized spacial score (nSPS) is 19.6. The Hall–Kier alpha value is -0.680. The summed E-state index contributed by atoms with van der Waals surface area (Å²) in [6.45, 7) is 3.69. The third kappa shape index (κ3) is 2.71. The number of aryl methyl sites for hydroxylation is 1. The molecule has 3 N–H and O–H groups in total. The molecule has 1 aromatic heterocycles. The second-order valence-corrected chi connectivity index (χ2v) is 5.93. The lowest BCUT2D eigenvalue weighted by molar-refractivity contribution is 0.215. The molecule has 0 atom stereocenters. The monoisotopic (exact) mass is 240 g/mol. The predicted octanol–water partition coefficient (Wildman–Crippen LogP) is 2.17. The standard InChI is InChI=1S/C11H20N4S/c1-9-14-15-10(16-9)13-8-11(7-12)5-3-2-4-6-11/h2-8,12H2,1H3,(H,13,15). The van der Waals surface area contributed by atoms with Crippen molar-refractivity contribution in [1.29, 1.82) is 0 Å². The second kappa shape index (κ2) is 5.10. The van der Waals surface area contributed by atoms with Crippen LogP contribution in [0.15, 0.2) is 0 Å². The summed E-state index contributed by atoms with van der Waals surface area (Å²) in [4.78, 5) is 0. The van der Waals surface area contributed by atoms with Crippen LogP contribution in [-0.2, 0) is 0 Å². The van der Waals surface area contributed by atoms with E-state index < -0.39 is 0 Å². The van der Waals surface area contributed by atoms with Crippen LogP contribution in [0.4, 0.5) is 5.13 Å². The summed E-state index contributed by atoms with van der Waals surface area (Å²) in [7, 11) is 0. The Morgan fingerprint density at radius 3 is 2.62 bits per heavy atom. The number of nitrogens with two attached hydrogens (primary N) is 1. The molecule has 1 aromatic rings. The van der Waals surface area contributed by atoms with Crippen molar-refractivity contribution in [2.24, 2.45) is 11.1 Å². The molecule has 0 bridgehead atoms. The van der Waals surface area contributed by atoms with Crippen LogP contribution in [0, 0.1) is 12.3 Å². The van der Waals surface area contributed by atoms with Gasteiger partial charge in [0.1, 0.15) is 5.01 Å². The first kappa shape index (κ1) is 11.8. The highest BCUT2D eigenvalue weighted by molar-refractivity contribution is 7.15. The molecule has 2 rings (SSSR count). The van der Waals surface area contributed by atoms with Gasteiger partial charge in [0.25, 0.3) is 0 Å². The number of hydrogen-bond acceptors (Lipinski definition) is 5. The first-order chi connectivity index (χ1) is 7.74. The lowest BCUT2D eigenvalue weighted by Gasteiger charge is -2.36. The lowest BCUT2D eigenvalue weighted by atomic mass is 9.74. The highest BCUT2D eigenvalue weighted by Crippen LogP contribution is 2.35. The Balaban J connectivity index is 1.91. The van der Waals surface area contributed by atoms with Crippen LogP contribution in [0.1, 0.15) is 37.1 Å². The van der Waals surface area contributed by atoms with Gasteiger partial charge in [-0.05, 0) is 31.7 Å². The molecular formula is C11H20N4S. The van der Waals surface area contributed by atoms with Crippen molar-refractivity contribution in [3.63, 3.8) is 0 Å². The van der Waals surface area contributed by atoms with E-state index in [4.69, 9.17) is 5.73 Å². The number of aromatic nitrogens is 2. The maximum absolute atomic E-state index is 5.93. The Labute approximate surface area is 101 Å². The molecule has 1 heterocycles. The summed E-state index contributed by atoms with van der Waals surface area (Å²) >= 11 is 1.61. The van der Waals surface area contributed by atoms with Crippen molar-refractivity contribution in [3.8, 4) is 0 Å². The van der Waals surface area contributed by atoms with Crippen molar-refractivity contribution in [3.05, 3.63) is 5.01 Å². The van der Waals surface area contributed by atoms with Crippen molar-refractivity contribution < 1.29 is 0 Å². The molecule has 1 saturated carbocycles. The van der Waals surface area contributed by atoms with Gasteiger partial charge in [-0.25, -0.2) is 0 Å². The van der Waals surface area contributed by atoms with Crippen LogP contribution in [0.5, 0.6) is 0 Å². The smallest absolute Gasteiger partial charge is 0.205 e. The average molecular weight is 240 g/mol. The SMILES string of the molecule is Cc1nnc(NCC2(CN)CCCCC2)s1. The number of hydrogen-bond donors (Lipinski definition) is 2. The van der Waals surface area contributed by atoms with E-state index in [2.05, 4.69) is 15.5 Å². The van der Waals surface area contributed by atoms with Gasteiger partial charge in [0.05, 0.1) is 0 Å². The Bertz CT molecular complexity index is 330. The molecule has 1 fully saturated rings. The van der Waals surface area contributed by atoms with Crippen LogP contribution >= 0.6 is 11.3 Å². The number of nitrogens with one attached hydrogen (secondary N) is 1. The van der Waals surface area contributed by atoms with Gasteiger partial charge in [0, 0.05) is 6.54 Å². The summed E-state index contributed by atoms with van der Waals surface area (Å²) in [6, 6.07) is 0. The van der Waals surface area contributed by atoms with Gasteiger partial charge >= 0.3 is 0 Å². The van der Waals surface area contributed by atoms with E-state index in [1.54, 1.807) is 11.3 Å². The molecule has 5 heteroatoms. The van der Waals surface area contributed by atoms with E-state index in [0.29, 0.717) is 0 Å². The topological polar surface area (TPSA) is 63.8 Å². The fourth-order valence-electron chi connectivity index (χ4n) is 2.39. The molecule has 0 amide bonds. The Morgan fingerprint density at radius 1 is 1.31 bits per heavy atom. The number of anilines is 1. The van der Waals surface area contributed by atoms with E-state index in [1.165, 1.54) is 32.1 Å². The molecular weight excluding hydrogens is 220 g/mol. The zero-order valence-corrected chi connectivity index (χ0v) is 10.6. The quantitative estimate of drug-likeness (QED) is 0.846. The van der Waals surface area contributed by atoms with Gasteiger partial charge in [0.2, 0.25) is 5.13 Å².